The molecule has 0 saturated heterocycles. The molecule has 9 aromatic rings. The van der Waals surface area contributed by atoms with Gasteiger partial charge >= 0.3 is 0 Å². The predicted molar refractivity (Wildman–Crippen MR) is 195 cm³/mol. The Balaban J connectivity index is 1.27. The number of hydrogen-bond donors (Lipinski definition) is 0. The third kappa shape index (κ3) is 4.07. The van der Waals surface area contributed by atoms with E-state index in [0.29, 0.717) is 16.8 Å². The molecule has 48 heavy (non-hydrogen) atoms. The average Bonchev–Trinajstić information content (AvgIpc) is 3.67. The Morgan fingerprint density at radius 3 is 1.35 bits per heavy atom. The van der Waals surface area contributed by atoms with E-state index >= 15 is 0 Å². The van der Waals surface area contributed by atoms with Gasteiger partial charge in [-0.1, -0.05) is 109 Å². The van der Waals surface area contributed by atoms with E-state index < -0.39 is 0 Å². The van der Waals surface area contributed by atoms with Gasteiger partial charge in [-0.05, 0) is 59.7 Å². The van der Waals surface area contributed by atoms with Gasteiger partial charge in [0.25, 0.3) is 0 Å². The molecule has 2 heterocycles. The summed E-state index contributed by atoms with van der Waals surface area (Å²) in [7, 11) is 0. The Morgan fingerprint density at radius 2 is 0.833 bits per heavy atom. The van der Waals surface area contributed by atoms with Crippen LogP contribution in [-0.4, -0.2) is 9.13 Å². The van der Waals surface area contributed by atoms with Gasteiger partial charge in [0.05, 0.1) is 50.6 Å². The van der Waals surface area contributed by atoms with Gasteiger partial charge in [0.2, 0.25) is 0 Å². The van der Waals surface area contributed by atoms with Crippen molar-refractivity contribution in [3.63, 3.8) is 0 Å². The summed E-state index contributed by atoms with van der Waals surface area (Å²) in [6.45, 7) is 0. The minimum atomic E-state index is 0.497. The summed E-state index contributed by atoms with van der Waals surface area (Å²) in [6.07, 6.45) is 0. The Labute approximate surface area is 277 Å². The molecular weight excluding hydrogens is 585 g/mol. The van der Waals surface area contributed by atoms with Crippen molar-refractivity contribution in [2.75, 3.05) is 0 Å². The van der Waals surface area contributed by atoms with E-state index in [4.69, 9.17) is 0 Å². The fourth-order valence-electron chi connectivity index (χ4n) is 7.34. The van der Waals surface area contributed by atoms with Crippen LogP contribution in [0.3, 0.4) is 0 Å². The van der Waals surface area contributed by atoms with E-state index in [2.05, 4.69) is 130 Å². The number of nitrogens with zero attached hydrogens (tertiary/aromatic N) is 4. The summed E-state index contributed by atoms with van der Waals surface area (Å²) in [5, 5.41) is 25.6. The largest absolute Gasteiger partial charge is 0.309 e. The van der Waals surface area contributed by atoms with Crippen LogP contribution in [0.2, 0.25) is 0 Å². The van der Waals surface area contributed by atoms with Gasteiger partial charge in [0.15, 0.2) is 0 Å². The highest BCUT2D eigenvalue weighted by molar-refractivity contribution is 6.10. The van der Waals surface area contributed by atoms with E-state index in [-0.39, 0.29) is 0 Å². The minimum Gasteiger partial charge on any atom is -0.309 e. The highest BCUT2D eigenvalue weighted by atomic mass is 15.0. The van der Waals surface area contributed by atoms with Crippen LogP contribution in [0.15, 0.2) is 158 Å². The molecule has 0 saturated carbocycles. The van der Waals surface area contributed by atoms with Crippen molar-refractivity contribution >= 4 is 43.6 Å². The van der Waals surface area contributed by atoms with Crippen molar-refractivity contribution in [1.82, 2.24) is 9.13 Å². The zero-order valence-electron chi connectivity index (χ0n) is 25.8. The standard InChI is InChI=1S/C44H26N4/c45-27-29-24-37(38(28-46)44(25-29)48-42-22-9-4-17-35(42)36-18-5-10-23-43(36)48)31-13-11-12-30(26-31)32-14-1-6-19-39(32)47-40-20-7-2-15-33(40)34-16-3-8-21-41(34)47/h1-26H. The molecule has 0 atom stereocenters. The molecular formula is C44H26N4. The lowest BCUT2D eigenvalue weighted by molar-refractivity contribution is 1.16. The van der Waals surface area contributed by atoms with Gasteiger partial charge in [0.1, 0.15) is 6.07 Å². The fourth-order valence-corrected chi connectivity index (χ4v) is 7.34. The molecule has 0 aliphatic heterocycles. The minimum absolute atomic E-state index is 0.497. The van der Waals surface area contributed by atoms with Crippen LogP contribution < -0.4 is 0 Å². The second-order valence-corrected chi connectivity index (χ2v) is 12.0. The highest BCUT2D eigenvalue weighted by Crippen LogP contribution is 2.40. The summed E-state index contributed by atoms with van der Waals surface area (Å²) in [5.74, 6) is 0. The summed E-state index contributed by atoms with van der Waals surface area (Å²) in [4.78, 5) is 0. The number of aromatic nitrogens is 2. The van der Waals surface area contributed by atoms with Gasteiger partial charge in [-0.2, -0.15) is 10.5 Å². The maximum absolute atomic E-state index is 10.8. The average molecular weight is 611 g/mol. The first-order chi connectivity index (χ1) is 23.7. The second kappa shape index (κ2) is 10.9. The van der Waals surface area contributed by atoms with Gasteiger partial charge in [-0.25, -0.2) is 0 Å². The number of para-hydroxylation sites is 5. The molecule has 0 fully saturated rings. The van der Waals surface area contributed by atoms with Crippen LogP contribution in [0.5, 0.6) is 0 Å². The van der Waals surface area contributed by atoms with Crippen LogP contribution in [-0.2, 0) is 0 Å². The van der Waals surface area contributed by atoms with E-state index in [1.54, 1.807) is 0 Å². The van der Waals surface area contributed by atoms with Gasteiger partial charge in [-0.3, -0.25) is 0 Å². The van der Waals surface area contributed by atoms with Gasteiger partial charge in [-0.15, -0.1) is 0 Å². The maximum atomic E-state index is 10.8. The Morgan fingerprint density at radius 1 is 0.375 bits per heavy atom. The van der Waals surface area contributed by atoms with E-state index in [9.17, 15) is 10.5 Å². The Bertz CT molecular complexity index is 2710. The summed E-state index contributed by atoms with van der Waals surface area (Å²) in [5.41, 5.74) is 10.8. The summed E-state index contributed by atoms with van der Waals surface area (Å²) in [6, 6.07) is 58.8. The van der Waals surface area contributed by atoms with Crippen LogP contribution in [0.4, 0.5) is 0 Å². The molecule has 4 heteroatoms. The molecule has 9 rings (SSSR count). The van der Waals surface area contributed by atoms with Crippen molar-refractivity contribution in [3.05, 3.63) is 169 Å². The number of fused-ring (bicyclic) bond motifs is 6. The summed E-state index contributed by atoms with van der Waals surface area (Å²) < 4.78 is 4.46. The van der Waals surface area contributed by atoms with E-state index in [1.807, 2.05) is 48.5 Å². The fraction of sp³-hybridized carbons (Fsp3) is 0. The molecule has 2 aromatic heterocycles. The van der Waals surface area contributed by atoms with Crippen molar-refractivity contribution < 1.29 is 0 Å². The van der Waals surface area contributed by atoms with Gasteiger partial charge < -0.3 is 9.13 Å². The quantitative estimate of drug-likeness (QED) is 0.199. The summed E-state index contributed by atoms with van der Waals surface area (Å²) >= 11 is 0. The van der Waals surface area contributed by atoms with E-state index in [0.717, 1.165) is 60.8 Å². The molecule has 0 unspecified atom stereocenters. The lowest BCUT2D eigenvalue weighted by atomic mass is 9.93. The van der Waals surface area contributed by atoms with Gasteiger partial charge in [0, 0.05) is 32.7 Å². The van der Waals surface area contributed by atoms with E-state index in [1.165, 1.54) is 10.8 Å². The molecule has 4 nitrogen and oxygen atoms in total. The van der Waals surface area contributed by atoms with Crippen LogP contribution in [0.1, 0.15) is 11.1 Å². The zero-order chi connectivity index (χ0) is 32.2. The maximum Gasteiger partial charge on any atom is 0.102 e. The number of nitriles is 2. The predicted octanol–water partition coefficient (Wildman–Crippen LogP) is 11.0. The molecule has 222 valence electrons. The van der Waals surface area contributed by atoms with Crippen molar-refractivity contribution in [3.8, 4) is 45.8 Å². The molecule has 0 amide bonds. The second-order valence-electron chi connectivity index (χ2n) is 12.0. The first-order valence-corrected chi connectivity index (χ1v) is 15.9. The van der Waals surface area contributed by atoms with Crippen molar-refractivity contribution in [2.24, 2.45) is 0 Å². The molecule has 0 bridgehead atoms. The third-order valence-corrected chi connectivity index (χ3v) is 9.39. The van der Waals surface area contributed by atoms with Crippen molar-refractivity contribution in [1.29, 1.82) is 10.5 Å². The molecule has 0 N–H and O–H groups in total. The third-order valence-electron chi connectivity index (χ3n) is 9.39. The zero-order valence-corrected chi connectivity index (χ0v) is 25.8. The van der Waals surface area contributed by atoms with Crippen LogP contribution in [0, 0.1) is 22.7 Å². The lowest BCUT2D eigenvalue weighted by Gasteiger charge is -2.17. The first kappa shape index (κ1) is 27.4. The Hall–Kier alpha value is -6.88. The van der Waals surface area contributed by atoms with Crippen LogP contribution >= 0.6 is 0 Å². The lowest BCUT2D eigenvalue weighted by Crippen LogP contribution is -2.01. The number of hydrogen-bond acceptors (Lipinski definition) is 2. The SMILES string of the molecule is N#Cc1cc(-c2cccc(-c3ccccc3-n3c4ccccc4c4ccccc43)c2)c(C#N)c(-n2c3ccccc3c3ccccc32)c1. The number of rotatable bonds is 4. The van der Waals surface area contributed by atoms with Crippen LogP contribution in [0.25, 0.3) is 77.2 Å². The molecule has 0 aliphatic rings. The molecule has 0 aliphatic carbocycles. The molecule has 7 aromatic carbocycles. The normalized spacial score (nSPS) is 11.3. The molecule has 0 spiro atoms. The number of benzene rings is 7. The highest BCUT2D eigenvalue weighted by Gasteiger charge is 2.20. The Kier molecular flexibility index (Phi) is 6.22. The topological polar surface area (TPSA) is 57.4 Å². The monoisotopic (exact) mass is 610 g/mol. The van der Waals surface area contributed by atoms with Crippen molar-refractivity contribution in [2.45, 2.75) is 0 Å². The smallest absolute Gasteiger partial charge is 0.102 e. The molecule has 0 radical (unpaired) electrons. The first-order valence-electron chi connectivity index (χ1n) is 15.9.